The molecule has 0 aliphatic carbocycles. The van der Waals surface area contributed by atoms with Gasteiger partial charge in [-0.3, -0.25) is 4.79 Å². The van der Waals surface area contributed by atoms with Crippen molar-refractivity contribution in [2.45, 2.75) is 12.5 Å². The van der Waals surface area contributed by atoms with Crippen LogP contribution < -0.4 is 10.1 Å². The highest BCUT2D eigenvalue weighted by Crippen LogP contribution is 2.23. The van der Waals surface area contributed by atoms with E-state index in [0.29, 0.717) is 17.2 Å². The molecule has 1 aliphatic rings. The summed E-state index contributed by atoms with van der Waals surface area (Å²) in [6.45, 7) is 1.81. The van der Waals surface area contributed by atoms with E-state index >= 15 is 0 Å². The molecule has 120 valence electrons. The van der Waals surface area contributed by atoms with Gasteiger partial charge in [-0.2, -0.15) is 0 Å². The van der Waals surface area contributed by atoms with Gasteiger partial charge in [-0.15, -0.1) is 0 Å². The molecule has 1 saturated heterocycles. The molecule has 1 atom stereocenters. The van der Waals surface area contributed by atoms with Gasteiger partial charge in [0.15, 0.2) is 0 Å². The third-order valence-electron chi connectivity index (χ3n) is 3.90. The number of aromatic nitrogens is 1. The Kier molecular flexibility index (Phi) is 4.93. The third kappa shape index (κ3) is 3.89. The SMILES string of the molecule is CN(C(=O)c1ccc(Oc2cccc(Br)c2)nc1)C1CCNC1. The number of rotatable bonds is 4. The van der Waals surface area contributed by atoms with E-state index in [-0.39, 0.29) is 11.9 Å². The largest absolute Gasteiger partial charge is 0.439 e. The van der Waals surface area contributed by atoms with Crippen LogP contribution in [-0.4, -0.2) is 42.0 Å². The lowest BCUT2D eigenvalue weighted by atomic mass is 10.2. The number of carbonyl (C=O) groups excluding carboxylic acids is 1. The number of hydrogen-bond donors (Lipinski definition) is 1. The normalized spacial score (nSPS) is 17.0. The first-order valence-corrected chi connectivity index (χ1v) is 8.30. The number of ether oxygens (including phenoxy) is 1. The quantitative estimate of drug-likeness (QED) is 0.891. The molecule has 1 aromatic heterocycles. The Labute approximate surface area is 143 Å². The van der Waals surface area contributed by atoms with Gasteiger partial charge < -0.3 is 15.0 Å². The van der Waals surface area contributed by atoms with Crippen LogP contribution in [0.15, 0.2) is 47.1 Å². The monoisotopic (exact) mass is 375 g/mol. The summed E-state index contributed by atoms with van der Waals surface area (Å²) in [6, 6.07) is 11.3. The summed E-state index contributed by atoms with van der Waals surface area (Å²) in [5, 5.41) is 3.27. The van der Waals surface area contributed by atoms with Crippen molar-refractivity contribution >= 4 is 21.8 Å². The lowest BCUT2D eigenvalue weighted by molar-refractivity contribution is 0.0743. The van der Waals surface area contributed by atoms with Crippen molar-refractivity contribution in [2.75, 3.05) is 20.1 Å². The molecule has 1 N–H and O–H groups in total. The van der Waals surface area contributed by atoms with Crippen molar-refractivity contribution in [3.63, 3.8) is 0 Å². The van der Waals surface area contributed by atoms with Gasteiger partial charge in [0.2, 0.25) is 5.88 Å². The van der Waals surface area contributed by atoms with Crippen molar-refractivity contribution in [2.24, 2.45) is 0 Å². The van der Waals surface area contributed by atoms with E-state index in [1.165, 1.54) is 0 Å². The Morgan fingerprint density at radius 2 is 2.26 bits per heavy atom. The highest BCUT2D eigenvalue weighted by atomic mass is 79.9. The molecule has 5 nitrogen and oxygen atoms in total. The Morgan fingerprint density at radius 3 is 2.91 bits per heavy atom. The van der Waals surface area contributed by atoms with Crippen molar-refractivity contribution in [3.05, 3.63) is 52.6 Å². The van der Waals surface area contributed by atoms with Gasteiger partial charge in [-0.1, -0.05) is 22.0 Å². The summed E-state index contributed by atoms with van der Waals surface area (Å²) in [4.78, 5) is 18.5. The molecule has 2 heterocycles. The van der Waals surface area contributed by atoms with E-state index in [0.717, 1.165) is 24.0 Å². The van der Waals surface area contributed by atoms with Crippen LogP contribution in [0, 0.1) is 0 Å². The van der Waals surface area contributed by atoms with Crippen LogP contribution in [0.5, 0.6) is 11.6 Å². The number of halogens is 1. The van der Waals surface area contributed by atoms with E-state index in [4.69, 9.17) is 4.74 Å². The number of nitrogens with one attached hydrogen (secondary N) is 1. The molecule has 0 spiro atoms. The van der Waals surface area contributed by atoms with Crippen molar-refractivity contribution < 1.29 is 9.53 Å². The molecule has 0 saturated carbocycles. The average molecular weight is 376 g/mol. The van der Waals surface area contributed by atoms with E-state index in [1.54, 1.807) is 23.2 Å². The molecule has 1 aromatic carbocycles. The zero-order valence-corrected chi connectivity index (χ0v) is 14.4. The molecule has 23 heavy (non-hydrogen) atoms. The maximum Gasteiger partial charge on any atom is 0.255 e. The van der Waals surface area contributed by atoms with Crippen LogP contribution in [-0.2, 0) is 0 Å². The first-order chi connectivity index (χ1) is 11.1. The number of benzene rings is 1. The van der Waals surface area contributed by atoms with Gasteiger partial charge in [-0.25, -0.2) is 4.98 Å². The minimum atomic E-state index is -0.0137. The fourth-order valence-electron chi connectivity index (χ4n) is 2.56. The number of nitrogens with zero attached hydrogens (tertiary/aromatic N) is 2. The molecule has 1 unspecified atom stereocenters. The molecule has 1 amide bonds. The van der Waals surface area contributed by atoms with Gasteiger partial charge in [0.25, 0.3) is 5.91 Å². The number of likely N-dealkylation sites (N-methyl/N-ethyl adjacent to an activating group) is 1. The van der Waals surface area contributed by atoms with Gasteiger partial charge in [-0.05, 0) is 37.2 Å². The molecule has 1 aliphatic heterocycles. The summed E-state index contributed by atoms with van der Waals surface area (Å²) in [5.74, 6) is 1.14. The smallest absolute Gasteiger partial charge is 0.255 e. The fourth-order valence-corrected chi connectivity index (χ4v) is 2.94. The summed E-state index contributed by atoms with van der Waals surface area (Å²) >= 11 is 3.40. The second-order valence-corrected chi connectivity index (χ2v) is 6.42. The van der Waals surface area contributed by atoms with Gasteiger partial charge in [0.1, 0.15) is 5.75 Å². The van der Waals surface area contributed by atoms with Crippen LogP contribution in [0.1, 0.15) is 16.8 Å². The van der Waals surface area contributed by atoms with Crippen LogP contribution in [0.25, 0.3) is 0 Å². The van der Waals surface area contributed by atoms with Crippen LogP contribution >= 0.6 is 15.9 Å². The van der Waals surface area contributed by atoms with E-state index in [9.17, 15) is 4.79 Å². The first-order valence-electron chi connectivity index (χ1n) is 7.51. The zero-order valence-electron chi connectivity index (χ0n) is 12.8. The van der Waals surface area contributed by atoms with Crippen molar-refractivity contribution in [3.8, 4) is 11.6 Å². The number of carbonyl (C=O) groups is 1. The topological polar surface area (TPSA) is 54.5 Å². The highest BCUT2D eigenvalue weighted by molar-refractivity contribution is 9.10. The fraction of sp³-hybridized carbons (Fsp3) is 0.294. The first kappa shape index (κ1) is 16.0. The lowest BCUT2D eigenvalue weighted by Crippen LogP contribution is -2.38. The second kappa shape index (κ2) is 7.10. The standard InChI is InChI=1S/C17H18BrN3O2/c1-21(14-7-8-19-11-14)17(22)12-5-6-16(20-10-12)23-15-4-2-3-13(18)9-15/h2-6,9-10,14,19H,7-8,11H2,1H3. The average Bonchev–Trinajstić information content (AvgIpc) is 3.09. The molecule has 0 bridgehead atoms. The maximum absolute atomic E-state index is 12.5. The van der Waals surface area contributed by atoms with E-state index in [1.807, 2.05) is 31.3 Å². The summed E-state index contributed by atoms with van der Waals surface area (Å²) in [6.07, 6.45) is 2.55. The second-order valence-electron chi connectivity index (χ2n) is 5.51. The Morgan fingerprint density at radius 1 is 1.39 bits per heavy atom. The molecular weight excluding hydrogens is 358 g/mol. The van der Waals surface area contributed by atoms with Crippen molar-refractivity contribution in [1.29, 1.82) is 0 Å². The highest BCUT2D eigenvalue weighted by Gasteiger charge is 2.24. The van der Waals surface area contributed by atoms with Gasteiger partial charge in [0, 0.05) is 36.4 Å². The zero-order chi connectivity index (χ0) is 16.2. The summed E-state index contributed by atoms with van der Waals surface area (Å²) < 4.78 is 6.62. The van der Waals surface area contributed by atoms with E-state index in [2.05, 4.69) is 26.2 Å². The predicted molar refractivity (Wildman–Crippen MR) is 91.8 cm³/mol. The number of hydrogen-bond acceptors (Lipinski definition) is 4. The molecule has 2 aromatic rings. The number of amides is 1. The summed E-state index contributed by atoms with van der Waals surface area (Å²) in [7, 11) is 1.84. The molecule has 0 radical (unpaired) electrons. The minimum absolute atomic E-state index is 0.0137. The summed E-state index contributed by atoms with van der Waals surface area (Å²) in [5.41, 5.74) is 0.570. The van der Waals surface area contributed by atoms with Gasteiger partial charge in [0.05, 0.1) is 5.56 Å². The maximum atomic E-state index is 12.5. The van der Waals surface area contributed by atoms with Crippen molar-refractivity contribution in [1.82, 2.24) is 15.2 Å². The molecular formula is C17H18BrN3O2. The minimum Gasteiger partial charge on any atom is -0.439 e. The predicted octanol–water partition coefficient (Wildman–Crippen LogP) is 3.07. The third-order valence-corrected chi connectivity index (χ3v) is 4.40. The van der Waals surface area contributed by atoms with Crippen LogP contribution in [0.4, 0.5) is 0 Å². The number of pyridine rings is 1. The van der Waals surface area contributed by atoms with Gasteiger partial charge >= 0.3 is 0 Å². The lowest BCUT2D eigenvalue weighted by Gasteiger charge is -2.23. The Bertz CT molecular complexity index is 684. The van der Waals surface area contributed by atoms with Crippen LogP contribution in [0.3, 0.4) is 0 Å². The molecule has 3 rings (SSSR count). The molecule has 1 fully saturated rings. The van der Waals surface area contributed by atoms with E-state index < -0.39 is 0 Å². The van der Waals surface area contributed by atoms with Crippen LogP contribution in [0.2, 0.25) is 0 Å². The Balaban J connectivity index is 1.67. The Hall–Kier alpha value is -1.92. The molecule has 6 heteroatoms.